The van der Waals surface area contributed by atoms with Gasteiger partial charge in [0.25, 0.3) is 16.2 Å². The topological polar surface area (TPSA) is 111 Å². The summed E-state index contributed by atoms with van der Waals surface area (Å²) in [5.41, 5.74) is 0.117. The Hall–Kier alpha value is -2.22. The van der Waals surface area contributed by atoms with E-state index in [1.54, 1.807) is 6.07 Å². The minimum Gasteiger partial charge on any atom is -0.423 e. The zero-order valence-corrected chi connectivity index (χ0v) is 17.0. The van der Waals surface area contributed by atoms with E-state index in [1.807, 2.05) is 0 Å². The van der Waals surface area contributed by atoms with Crippen molar-refractivity contribution in [1.29, 1.82) is 5.26 Å². The van der Waals surface area contributed by atoms with Crippen molar-refractivity contribution in [3.8, 4) is 6.07 Å². The molecule has 4 rings (SSSR count). The summed E-state index contributed by atoms with van der Waals surface area (Å²) in [7, 11) is -2.28. The summed E-state index contributed by atoms with van der Waals surface area (Å²) in [5.74, 6) is -0.174. The van der Waals surface area contributed by atoms with E-state index in [-0.39, 0.29) is 17.8 Å². The first-order valence-electron chi connectivity index (χ1n) is 9.80. The van der Waals surface area contributed by atoms with Crippen LogP contribution in [-0.4, -0.2) is 42.9 Å². The lowest BCUT2D eigenvalue weighted by atomic mass is 9.86. The van der Waals surface area contributed by atoms with Gasteiger partial charge in [0.2, 0.25) is 0 Å². The largest absolute Gasteiger partial charge is 0.423 e. The predicted molar refractivity (Wildman–Crippen MR) is 106 cm³/mol. The Morgan fingerprint density at radius 2 is 2.07 bits per heavy atom. The molecule has 0 unspecified atom stereocenters. The first kappa shape index (κ1) is 20.1. The van der Waals surface area contributed by atoms with E-state index in [4.69, 9.17) is 4.42 Å². The van der Waals surface area contributed by atoms with E-state index in [1.165, 1.54) is 23.5 Å². The van der Waals surface area contributed by atoms with Gasteiger partial charge in [-0.2, -0.15) is 23.0 Å². The van der Waals surface area contributed by atoms with Crippen LogP contribution in [-0.2, 0) is 10.2 Å². The molecule has 0 bridgehead atoms. The molecule has 2 saturated carbocycles. The molecule has 2 aromatic rings. The molecule has 1 heterocycles. The van der Waals surface area contributed by atoms with Crippen molar-refractivity contribution >= 4 is 27.3 Å². The molecule has 0 amide bonds. The zero-order chi connectivity index (χ0) is 20.6. The number of hydrogen-bond donors (Lipinski definition) is 2. The molecule has 156 valence electrons. The molecule has 0 radical (unpaired) electrons. The quantitative estimate of drug-likeness (QED) is 0.711. The summed E-state index contributed by atoms with van der Waals surface area (Å²) in [5, 5.41) is 12.7. The monoisotopic (exact) mass is 421 g/mol. The van der Waals surface area contributed by atoms with Crippen molar-refractivity contribution in [2.75, 3.05) is 18.9 Å². The summed E-state index contributed by atoms with van der Waals surface area (Å²) in [6.07, 6.45) is 4.52. The van der Waals surface area contributed by atoms with E-state index in [0.717, 1.165) is 25.7 Å². The third kappa shape index (κ3) is 4.08. The smallest absolute Gasteiger partial charge is 0.295 e. The number of nitrogens with one attached hydrogen (secondary N) is 2. The number of nitrogens with zero attached hydrogens (tertiary/aromatic N) is 3. The number of aromatic nitrogens is 1. The molecular formula is C19H24FN5O3S. The van der Waals surface area contributed by atoms with Gasteiger partial charge < -0.3 is 9.73 Å². The lowest BCUT2D eigenvalue weighted by molar-refractivity contribution is 0.242. The molecule has 10 heteroatoms. The number of nitriles is 1. The predicted octanol–water partition coefficient (Wildman–Crippen LogP) is 2.76. The molecule has 0 spiro atoms. The second-order valence-corrected chi connectivity index (χ2v) is 9.68. The highest BCUT2D eigenvalue weighted by Gasteiger charge is 2.54. The Balaban J connectivity index is 1.36. The van der Waals surface area contributed by atoms with Crippen LogP contribution >= 0.6 is 0 Å². The number of fused-ring (bicyclic) bond motifs is 1. The average molecular weight is 421 g/mol. The van der Waals surface area contributed by atoms with Gasteiger partial charge in [0, 0.05) is 25.7 Å². The average Bonchev–Trinajstić information content (AvgIpc) is 3.40. The molecule has 29 heavy (non-hydrogen) atoms. The molecule has 2 N–H and O–H groups in total. The molecule has 0 saturated heterocycles. The molecule has 0 atom stereocenters. The first-order chi connectivity index (χ1) is 13.8. The molecule has 2 aliphatic rings. The molecule has 1 aromatic heterocycles. The van der Waals surface area contributed by atoms with Gasteiger partial charge in [-0.05, 0) is 56.6 Å². The van der Waals surface area contributed by atoms with Gasteiger partial charge >= 0.3 is 0 Å². The fourth-order valence-electron chi connectivity index (χ4n) is 4.01. The van der Waals surface area contributed by atoms with Crippen LogP contribution in [0.4, 0.5) is 10.4 Å². The van der Waals surface area contributed by atoms with Crippen molar-refractivity contribution in [2.45, 2.75) is 50.1 Å². The second-order valence-electron chi connectivity index (χ2n) is 7.88. The molecule has 1 aromatic carbocycles. The van der Waals surface area contributed by atoms with Crippen LogP contribution in [0.15, 0.2) is 22.6 Å². The van der Waals surface area contributed by atoms with Crippen molar-refractivity contribution in [1.82, 2.24) is 14.0 Å². The van der Waals surface area contributed by atoms with Gasteiger partial charge in [-0.1, -0.05) is 0 Å². The van der Waals surface area contributed by atoms with E-state index in [0.29, 0.717) is 36.5 Å². The minimum absolute atomic E-state index is 0.157. The molecule has 2 fully saturated rings. The summed E-state index contributed by atoms with van der Waals surface area (Å²) in [4.78, 5) is 4.33. The van der Waals surface area contributed by atoms with Gasteiger partial charge in [0.1, 0.15) is 16.9 Å². The van der Waals surface area contributed by atoms with E-state index >= 15 is 0 Å². The number of benzene rings is 1. The van der Waals surface area contributed by atoms with Gasteiger partial charge in [-0.25, -0.2) is 9.11 Å². The second kappa shape index (κ2) is 7.55. The molecule has 2 aliphatic carbocycles. The van der Waals surface area contributed by atoms with Crippen LogP contribution in [0.2, 0.25) is 0 Å². The summed E-state index contributed by atoms with van der Waals surface area (Å²) in [6, 6.07) is 6.95. The van der Waals surface area contributed by atoms with Crippen molar-refractivity contribution < 1.29 is 17.2 Å². The lowest BCUT2D eigenvalue weighted by Gasteiger charge is -2.34. The van der Waals surface area contributed by atoms with Gasteiger partial charge in [0.05, 0.1) is 6.07 Å². The SMILES string of the molecule is CNS(=O)(=O)N(CC1CCC(Nc2nc3ccc(F)cc3o2)CC1)C1(C#N)CC1. The Bertz CT molecular complexity index is 1040. The van der Waals surface area contributed by atoms with Crippen LogP contribution < -0.4 is 10.0 Å². The fourth-order valence-corrected chi connectivity index (χ4v) is 5.32. The van der Waals surface area contributed by atoms with Crippen LogP contribution in [0.5, 0.6) is 0 Å². The van der Waals surface area contributed by atoms with E-state index in [2.05, 4.69) is 21.1 Å². The minimum atomic E-state index is -3.66. The van der Waals surface area contributed by atoms with Crippen molar-refractivity contribution in [3.63, 3.8) is 0 Å². The van der Waals surface area contributed by atoms with Crippen LogP contribution in [0, 0.1) is 23.1 Å². The zero-order valence-electron chi connectivity index (χ0n) is 16.2. The Morgan fingerprint density at radius 1 is 1.34 bits per heavy atom. The highest BCUT2D eigenvalue weighted by molar-refractivity contribution is 7.87. The van der Waals surface area contributed by atoms with Crippen LogP contribution in [0.25, 0.3) is 11.1 Å². The summed E-state index contributed by atoms with van der Waals surface area (Å²) < 4.78 is 47.5. The van der Waals surface area contributed by atoms with E-state index in [9.17, 15) is 18.1 Å². The maximum Gasteiger partial charge on any atom is 0.295 e. The first-order valence-corrected chi connectivity index (χ1v) is 11.2. The Kier molecular flexibility index (Phi) is 5.23. The highest BCUT2D eigenvalue weighted by Crippen LogP contribution is 2.43. The normalized spacial score (nSPS) is 23.8. The third-order valence-electron chi connectivity index (χ3n) is 5.91. The maximum atomic E-state index is 13.3. The van der Waals surface area contributed by atoms with Crippen molar-refractivity contribution in [3.05, 3.63) is 24.0 Å². The van der Waals surface area contributed by atoms with Crippen molar-refractivity contribution in [2.24, 2.45) is 5.92 Å². The molecule has 0 aliphatic heterocycles. The number of anilines is 1. The molecular weight excluding hydrogens is 397 g/mol. The number of hydrogen-bond acceptors (Lipinski definition) is 6. The number of oxazole rings is 1. The lowest BCUT2D eigenvalue weighted by Crippen LogP contribution is -2.49. The van der Waals surface area contributed by atoms with Gasteiger partial charge in [-0.3, -0.25) is 0 Å². The maximum absolute atomic E-state index is 13.3. The fraction of sp³-hybridized carbons (Fsp3) is 0.579. The Labute approximate surface area is 169 Å². The van der Waals surface area contributed by atoms with Gasteiger partial charge in [-0.15, -0.1) is 0 Å². The number of rotatable bonds is 7. The third-order valence-corrected chi connectivity index (χ3v) is 7.50. The Morgan fingerprint density at radius 3 is 2.69 bits per heavy atom. The number of halogens is 1. The highest BCUT2D eigenvalue weighted by atomic mass is 32.2. The van der Waals surface area contributed by atoms with Crippen LogP contribution in [0.3, 0.4) is 0 Å². The van der Waals surface area contributed by atoms with Crippen LogP contribution in [0.1, 0.15) is 38.5 Å². The molecule has 8 nitrogen and oxygen atoms in total. The van der Waals surface area contributed by atoms with Gasteiger partial charge in [0.15, 0.2) is 5.58 Å². The summed E-state index contributed by atoms with van der Waals surface area (Å²) in [6.45, 7) is 0.353. The standard InChI is InChI=1S/C19H24FN5O3S/c1-22-29(26,27)25(19(12-21)8-9-19)11-13-2-5-15(6-3-13)23-18-24-16-7-4-14(20)10-17(16)28-18/h4,7,10,13,15,22H,2-3,5-6,8-9,11H2,1H3,(H,23,24). The summed E-state index contributed by atoms with van der Waals surface area (Å²) >= 11 is 0. The van der Waals surface area contributed by atoms with E-state index < -0.39 is 15.7 Å².